The van der Waals surface area contributed by atoms with E-state index < -0.39 is 16.9 Å². The van der Waals surface area contributed by atoms with E-state index in [2.05, 4.69) is 39.7 Å². The lowest BCUT2D eigenvalue weighted by Gasteiger charge is -2.39. The molecule has 212 valence electrons. The summed E-state index contributed by atoms with van der Waals surface area (Å²) >= 11 is 0. The normalized spacial score (nSPS) is 18.8. The van der Waals surface area contributed by atoms with Gasteiger partial charge < -0.3 is 19.9 Å². The number of aliphatic hydroxyl groups is 1. The van der Waals surface area contributed by atoms with Gasteiger partial charge in [-0.05, 0) is 86.1 Å². The average molecular weight is 555 g/mol. The number of hydrogen-bond donors (Lipinski definition) is 3. The molecule has 4 aromatic rings. The Labute approximate surface area is 238 Å². The van der Waals surface area contributed by atoms with Crippen LogP contribution >= 0.6 is 0 Å². The second kappa shape index (κ2) is 11.0. The largest absolute Gasteiger partial charge is 0.384 e. The number of likely N-dealkylation sites (tertiary alicyclic amines) is 1. The fourth-order valence-corrected chi connectivity index (χ4v) is 6.03. The van der Waals surface area contributed by atoms with E-state index in [-0.39, 0.29) is 10.9 Å². The molecule has 1 amide bonds. The summed E-state index contributed by atoms with van der Waals surface area (Å²) in [5, 5.41) is 14.9. The first-order valence-corrected chi connectivity index (χ1v) is 14.1. The third-order valence-electron chi connectivity index (χ3n) is 8.20. The predicted molar refractivity (Wildman–Crippen MR) is 157 cm³/mol. The minimum atomic E-state index is -0.927. The van der Waals surface area contributed by atoms with Gasteiger partial charge in [0.1, 0.15) is 11.2 Å². The molecular formula is C31H34N6O4. The molecule has 2 aliphatic rings. The quantitative estimate of drug-likeness (QED) is 0.296. The standard InChI is InChI=1S/C31H34N6O4/c1-3-36-14-6-13-31(40,19-36)22-9-5-10-23(16-22)33-30-32-17-25-27(38)26(29(39)35-41-2)18-37(28(25)34-30)24-12-11-20-7-4-8-21(20)15-24/h5,9-12,15-18,40H,3-4,6-8,13-14,19H2,1-2H3,(H,35,39)(H,32,33,34). The van der Waals surface area contributed by atoms with Crippen molar-refractivity contribution in [3.8, 4) is 5.69 Å². The van der Waals surface area contributed by atoms with Crippen LogP contribution in [0.15, 0.2) is 59.7 Å². The number of β-amino-alcohol motifs (C(OH)–C–C–N with tert-alkyl or cyclic N) is 1. The number of nitrogens with one attached hydrogen (secondary N) is 2. The minimum Gasteiger partial charge on any atom is -0.384 e. The first-order chi connectivity index (χ1) is 19.9. The molecule has 0 saturated carbocycles. The Kier molecular flexibility index (Phi) is 7.29. The second-order valence-electron chi connectivity index (χ2n) is 10.8. The molecule has 2 aromatic carbocycles. The van der Waals surface area contributed by atoms with E-state index in [9.17, 15) is 14.7 Å². The van der Waals surface area contributed by atoms with Crippen LogP contribution in [0.5, 0.6) is 0 Å². The first-order valence-electron chi connectivity index (χ1n) is 14.1. The number of carbonyl (C=O) groups is 1. The Morgan fingerprint density at radius 1 is 1.15 bits per heavy atom. The van der Waals surface area contributed by atoms with Crippen molar-refractivity contribution in [3.63, 3.8) is 0 Å². The maximum absolute atomic E-state index is 13.3. The molecule has 10 heteroatoms. The van der Waals surface area contributed by atoms with Crippen LogP contribution in [-0.4, -0.2) is 57.2 Å². The number of hydrogen-bond acceptors (Lipinski definition) is 8. The fraction of sp³-hybridized carbons (Fsp3) is 0.355. The highest BCUT2D eigenvalue weighted by Gasteiger charge is 2.34. The van der Waals surface area contributed by atoms with Gasteiger partial charge in [-0.15, -0.1) is 0 Å². The highest BCUT2D eigenvalue weighted by atomic mass is 16.6. The third-order valence-corrected chi connectivity index (χ3v) is 8.20. The van der Waals surface area contributed by atoms with Gasteiger partial charge in [-0.3, -0.25) is 14.4 Å². The number of aromatic nitrogens is 3. The van der Waals surface area contributed by atoms with E-state index >= 15 is 0 Å². The zero-order valence-corrected chi connectivity index (χ0v) is 23.3. The van der Waals surface area contributed by atoms with Crippen molar-refractivity contribution >= 4 is 28.6 Å². The smallest absolute Gasteiger partial charge is 0.280 e. The maximum atomic E-state index is 13.3. The van der Waals surface area contributed by atoms with Crippen LogP contribution in [0.4, 0.5) is 11.6 Å². The van der Waals surface area contributed by atoms with Gasteiger partial charge in [-0.25, -0.2) is 10.5 Å². The number of anilines is 2. The van der Waals surface area contributed by atoms with Crippen LogP contribution in [-0.2, 0) is 23.3 Å². The summed E-state index contributed by atoms with van der Waals surface area (Å²) in [6.07, 6.45) is 7.71. The zero-order chi connectivity index (χ0) is 28.6. The fourth-order valence-electron chi connectivity index (χ4n) is 6.03. The van der Waals surface area contributed by atoms with Gasteiger partial charge in [0.2, 0.25) is 11.4 Å². The van der Waals surface area contributed by atoms with Gasteiger partial charge >= 0.3 is 0 Å². The number of benzene rings is 2. The molecular weight excluding hydrogens is 520 g/mol. The lowest BCUT2D eigenvalue weighted by atomic mass is 9.85. The van der Waals surface area contributed by atoms with Crippen molar-refractivity contribution in [2.45, 2.75) is 44.6 Å². The van der Waals surface area contributed by atoms with Crippen molar-refractivity contribution < 1.29 is 14.7 Å². The van der Waals surface area contributed by atoms with Crippen molar-refractivity contribution in [2.24, 2.45) is 0 Å². The molecule has 1 saturated heterocycles. The van der Waals surface area contributed by atoms with Gasteiger partial charge in [-0.2, -0.15) is 4.98 Å². The van der Waals surface area contributed by atoms with Crippen molar-refractivity contribution in [2.75, 3.05) is 32.1 Å². The van der Waals surface area contributed by atoms with Crippen molar-refractivity contribution in [3.05, 3.63) is 87.3 Å². The number of amides is 1. The number of fused-ring (bicyclic) bond motifs is 2. The predicted octanol–water partition coefficient (Wildman–Crippen LogP) is 3.61. The summed E-state index contributed by atoms with van der Waals surface area (Å²) in [6.45, 7) is 4.58. The second-order valence-corrected chi connectivity index (χ2v) is 10.8. The molecule has 1 atom stereocenters. The van der Waals surface area contributed by atoms with Crippen LogP contribution in [0.3, 0.4) is 0 Å². The van der Waals surface area contributed by atoms with E-state index in [0.29, 0.717) is 24.6 Å². The number of hydroxylamine groups is 1. The summed E-state index contributed by atoms with van der Waals surface area (Å²) in [4.78, 5) is 42.2. The Morgan fingerprint density at radius 3 is 2.83 bits per heavy atom. The van der Waals surface area contributed by atoms with Gasteiger partial charge in [0.25, 0.3) is 5.91 Å². The number of carbonyl (C=O) groups excluding carboxylic acids is 1. The van der Waals surface area contributed by atoms with Crippen molar-refractivity contribution in [1.82, 2.24) is 24.9 Å². The van der Waals surface area contributed by atoms with E-state index in [0.717, 1.165) is 55.7 Å². The van der Waals surface area contributed by atoms with Gasteiger partial charge in [-0.1, -0.05) is 25.1 Å². The van der Waals surface area contributed by atoms with Crippen LogP contribution in [0.1, 0.15) is 53.2 Å². The molecule has 1 fully saturated rings. The molecule has 1 unspecified atom stereocenters. The lowest BCUT2D eigenvalue weighted by Crippen LogP contribution is -2.45. The summed E-state index contributed by atoms with van der Waals surface area (Å²) in [5.74, 6) is -0.348. The summed E-state index contributed by atoms with van der Waals surface area (Å²) in [7, 11) is 1.32. The molecule has 6 rings (SSSR count). The molecule has 0 spiro atoms. The van der Waals surface area contributed by atoms with E-state index in [4.69, 9.17) is 9.82 Å². The monoisotopic (exact) mass is 554 g/mol. The minimum absolute atomic E-state index is 0.0706. The molecule has 2 aromatic heterocycles. The number of pyridine rings is 1. The number of nitrogens with zero attached hydrogens (tertiary/aromatic N) is 4. The summed E-state index contributed by atoms with van der Waals surface area (Å²) in [6, 6.07) is 13.8. The Morgan fingerprint density at radius 2 is 2.00 bits per heavy atom. The number of aryl methyl sites for hydroxylation is 2. The third kappa shape index (κ3) is 5.21. The van der Waals surface area contributed by atoms with Gasteiger partial charge in [0.15, 0.2) is 5.65 Å². The summed E-state index contributed by atoms with van der Waals surface area (Å²) < 4.78 is 1.76. The van der Waals surface area contributed by atoms with E-state index in [1.54, 1.807) is 4.57 Å². The molecule has 3 heterocycles. The Bertz CT molecular complexity index is 1690. The number of piperidine rings is 1. The Balaban J connectivity index is 1.40. The molecule has 1 aliphatic carbocycles. The van der Waals surface area contributed by atoms with Crippen molar-refractivity contribution in [1.29, 1.82) is 0 Å². The number of likely N-dealkylation sites (N-methyl/N-ethyl adjacent to an activating group) is 1. The lowest BCUT2D eigenvalue weighted by molar-refractivity contribution is -0.0339. The molecule has 41 heavy (non-hydrogen) atoms. The molecule has 0 radical (unpaired) electrons. The SMILES string of the molecule is CCN1CCCC(O)(c2cccc(Nc3ncc4c(=O)c(C(=O)NOC)cn(-c5ccc6c(c5)CCC6)c4n3)c2)C1. The number of rotatable bonds is 7. The molecule has 1 aliphatic heterocycles. The Hall–Kier alpha value is -4.12. The van der Waals surface area contributed by atoms with Crippen LogP contribution in [0.25, 0.3) is 16.7 Å². The van der Waals surface area contributed by atoms with Gasteiger partial charge in [0.05, 0.1) is 12.5 Å². The highest BCUT2D eigenvalue weighted by molar-refractivity contribution is 5.96. The highest BCUT2D eigenvalue weighted by Crippen LogP contribution is 2.33. The summed E-state index contributed by atoms with van der Waals surface area (Å²) in [5.41, 5.74) is 6.07. The van der Waals surface area contributed by atoms with Gasteiger partial charge in [0, 0.05) is 30.3 Å². The van der Waals surface area contributed by atoms with Crippen LogP contribution in [0.2, 0.25) is 0 Å². The molecule has 3 N–H and O–H groups in total. The molecule has 10 nitrogen and oxygen atoms in total. The van der Waals surface area contributed by atoms with Crippen LogP contribution in [0, 0.1) is 0 Å². The van der Waals surface area contributed by atoms with E-state index in [1.807, 2.05) is 30.3 Å². The molecule has 0 bridgehead atoms. The maximum Gasteiger partial charge on any atom is 0.280 e. The topological polar surface area (TPSA) is 122 Å². The van der Waals surface area contributed by atoms with E-state index in [1.165, 1.54) is 30.6 Å². The zero-order valence-electron chi connectivity index (χ0n) is 23.3. The average Bonchev–Trinajstić information content (AvgIpc) is 3.46. The first kappa shape index (κ1) is 27.1. The van der Waals surface area contributed by atoms with Crippen LogP contribution < -0.4 is 16.2 Å².